The molecule has 0 aliphatic carbocycles. The van der Waals surface area contributed by atoms with Crippen LogP contribution in [-0.2, 0) is 11.2 Å². The van der Waals surface area contributed by atoms with Crippen molar-refractivity contribution in [3.05, 3.63) is 99.7 Å². The van der Waals surface area contributed by atoms with Crippen molar-refractivity contribution in [2.24, 2.45) is 0 Å². The second kappa shape index (κ2) is 11.4. The Hall–Kier alpha value is -4.73. The molecule has 1 aliphatic heterocycles. The molecule has 0 radical (unpaired) electrons. The number of hydrogen-bond donors (Lipinski definition) is 1. The van der Waals surface area contributed by atoms with E-state index in [0.717, 1.165) is 0 Å². The lowest BCUT2D eigenvalue weighted by atomic mass is 10.0. The van der Waals surface area contributed by atoms with E-state index in [2.05, 4.69) is 10.2 Å². The van der Waals surface area contributed by atoms with Gasteiger partial charge in [0.1, 0.15) is 17.3 Å². The molecule has 0 atom stereocenters. The zero-order chi connectivity index (χ0) is 29.1. The van der Waals surface area contributed by atoms with Gasteiger partial charge >= 0.3 is 0 Å². The van der Waals surface area contributed by atoms with Gasteiger partial charge in [-0.05, 0) is 61.9 Å². The largest absolute Gasteiger partial charge is 0.497 e. The van der Waals surface area contributed by atoms with Crippen LogP contribution in [0.15, 0.2) is 71.5 Å². The second-order valence-corrected chi connectivity index (χ2v) is 10.4. The molecular formula is C31H31FN4O5. The lowest BCUT2D eigenvalue weighted by Gasteiger charge is -2.38. The van der Waals surface area contributed by atoms with Gasteiger partial charge in [0.05, 0.1) is 23.8 Å². The normalized spacial score (nSPS) is 13.8. The first kappa shape index (κ1) is 27.8. The molecule has 0 spiro atoms. The third kappa shape index (κ3) is 5.91. The lowest BCUT2D eigenvalue weighted by Crippen LogP contribution is -2.56. The zero-order valence-electron chi connectivity index (χ0n) is 23.1. The first-order chi connectivity index (χ1) is 19.7. The van der Waals surface area contributed by atoms with Crippen LogP contribution in [0.25, 0.3) is 10.8 Å². The maximum atomic E-state index is 14.8. The van der Waals surface area contributed by atoms with Crippen LogP contribution < -0.4 is 15.0 Å². The van der Waals surface area contributed by atoms with Crippen molar-refractivity contribution < 1.29 is 23.5 Å². The van der Waals surface area contributed by atoms with Crippen molar-refractivity contribution in [1.29, 1.82) is 0 Å². The Morgan fingerprint density at radius 3 is 2.24 bits per heavy atom. The number of ether oxygens (including phenoxy) is 2. The van der Waals surface area contributed by atoms with Gasteiger partial charge in [-0.1, -0.05) is 24.3 Å². The van der Waals surface area contributed by atoms with Crippen LogP contribution in [-0.4, -0.2) is 70.7 Å². The van der Waals surface area contributed by atoms with Crippen molar-refractivity contribution >= 4 is 22.6 Å². The van der Waals surface area contributed by atoms with Gasteiger partial charge in [0.15, 0.2) is 5.60 Å². The number of piperazine rings is 1. The minimum atomic E-state index is -1.12. The Morgan fingerprint density at radius 1 is 0.927 bits per heavy atom. The van der Waals surface area contributed by atoms with Crippen LogP contribution in [0.1, 0.15) is 35.5 Å². The van der Waals surface area contributed by atoms with Crippen molar-refractivity contribution in [3.63, 3.8) is 0 Å². The number of benzene rings is 3. The molecular weight excluding hydrogens is 527 g/mol. The Morgan fingerprint density at radius 2 is 1.56 bits per heavy atom. The minimum absolute atomic E-state index is 0.0424. The molecule has 1 aliphatic rings. The summed E-state index contributed by atoms with van der Waals surface area (Å²) >= 11 is 0. The van der Waals surface area contributed by atoms with Crippen molar-refractivity contribution in [2.75, 3.05) is 33.3 Å². The number of nitrogens with one attached hydrogen (secondary N) is 1. The van der Waals surface area contributed by atoms with Gasteiger partial charge in [-0.2, -0.15) is 5.10 Å². The van der Waals surface area contributed by atoms with Crippen LogP contribution in [0.2, 0.25) is 0 Å². The van der Waals surface area contributed by atoms with Crippen LogP contribution in [0.3, 0.4) is 0 Å². The van der Waals surface area contributed by atoms with E-state index in [-0.39, 0.29) is 30.1 Å². The zero-order valence-corrected chi connectivity index (χ0v) is 23.1. The van der Waals surface area contributed by atoms with Crippen LogP contribution in [0.5, 0.6) is 11.5 Å². The maximum absolute atomic E-state index is 14.8. The summed E-state index contributed by atoms with van der Waals surface area (Å²) in [6, 6.07) is 18.5. The number of fused-ring (bicyclic) bond motifs is 1. The third-order valence-electron chi connectivity index (χ3n) is 7.21. The standard InChI is InChI=1S/C31H31FN4O5/c1-31(2,41-22-11-9-21(40-3)10-12-22)30(39)36-16-14-35(15-17-36)29(38)25-18-20(8-13-26(25)32)19-27-23-6-4-5-7-24(23)28(37)34-33-27/h4-13,18H,14-17,19H2,1-3H3,(H,34,37). The number of aromatic amines is 1. The van der Waals surface area contributed by atoms with Crippen LogP contribution in [0.4, 0.5) is 4.39 Å². The molecule has 0 bridgehead atoms. The second-order valence-electron chi connectivity index (χ2n) is 10.4. The van der Waals surface area contributed by atoms with Crippen molar-refractivity contribution in [2.45, 2.75) is 25.9 Å². The first-order valence-corrected chi connectivity index (χ1v) is 13.3. The van der Waals surface area contributed by atoms with Crippen LogP contribution in [0, 0.1) is 5.82 Å². The molecule has 1 fully saturated rings. The van der Waals surface area contributed by atoms with E-state index in [1.165, 1.54) is 12.1 Å². The van der Waals surface area contributed by atoms with Gasteiger partial charge in [-0.3, -0.25) is 14.4 Å². The SMILES string of the molecule is COc1ccc(OC(C)(C)C(=O)N2CCN(C(=O)c3cc(Cc4n[nH]c(=O)c5ccccc45)ccc3F)CC2)cc1. The van der Waals surface area contributed by atoms with E-state index < -0.39 is 17.3 Å². The highest BCUT2D eigenvalue weighted by Crippen LogP contribution is 2.24. The molecule has 0 unspecified atom stereocenters. The first-order valence-electron chi connectivity index (χ1n) is 13.3. The number of aromatic nitrogens is 2. The highest BCUT2D eigenvalue weighted by Gasteiger charge is 2.36. The summed E-state index contributed by atoms with van der Waals surface area (Å²) in [5, 5.41) is 7.91. The van der Waals surface area contributed by atoms with E-state index in [1.54, 1.807) is 73.2 Å². The average Bonchev–Trinajstić information content (AvgIpc) is 2.99. The predicted molar refractivity (Wildman–Crippen MR) is 152 cm³/mol. The molecule has 9 nitrogen and oxygen atoms in total. The Balaban J connectivity index is 1.25. The predicted octanol–water partition coefficient (Wildman–Crippen LogP) is 3.80. The third-order valence-corrected chi connectivity index (χ3v) is 7.21. The molecule has 1 saturated heterocycles. The molecule has 0 saturated carbocycles. The minimum Gasteiger partial charge on any atom is -0.497 e. The molecule has 2 heterocycles. The van der Waals surface area contributed by atoms with Gasteiger partial charge in [0.2, 0.25) is 0 Å². The quantitative estimate of drug-likeness (QED) is 0.370. The molecule has 41 heavy (non-hydrogen) atoms. The van der Waals surface area contributed by atoms with Gasteiger partial charge in [-0.15, -0.1) is 0 Å². The summed E-state index contributed by atoms with van der Waals surface area (Å²) in [5.41, 5.74) is -0.143. The van der Waals surface area contributed by atoms with Gasteiger partial charge < -0.3 is 19.3 Å². The topological polar surface area (TPSA) is 105 Å². The number of rotatable bonds is 7. The molecule has 2 amide bonds. The summed E-state index contributed by atoms with van der Waals surface area (Å²) in [7, 11) is 1.58. The summed E-state index contributed by atoms with van der Waals surface area (Å²) in [6.07, 6.45) is 0.309. The number of carbonyl (C=O) groups is 2. The molecule has 10 heteroatoms. The van der Waals surface area contributed by atoms with E-state index >= 15 is 0 Å². The number of amides is 2. The number of carbonyl (C=O) groups excluding carboxylic acids is 2. The van der Waals surface area contributed by atoms with E-state index in [1.807, 2.05) is 12.1 Å². The van der Waals surface area contributed by atoms with E-state index in [4.69, 9.17) is 9.47 Å². The maximum Gasteiger partial charge on any atom is 0.272 e. The Labute approximate surface area is 236 Å². The highest BCUT2D eigenvalue weighted by molar-refractivity contribution is 5.95. The smallest absolute Gasteiger partial charge is 0.272 e. The summed E-state index contributed by atoms with van der Waals surface area (Å²) in [4.78, 5) is 41.9. The van der Waals surface area contributed by atoms with E-state index in [0.29, 0.717) is 53.0 Å². The van der Waals surface area contributed by atoms with Crippen molar-refractivity contribution in [1.82, 2.24) is 20.0 Å². The van der Waals surface area contributed by atoms with E-state index in [9.17, 15) is 18.8 Å². The fourth-order valence-corrected chi connectivity index (χ4v) is 4.99. The number of hydrogen-bond acceptors (Lipinski definition) is 6. The van der Waals surface area contributed by atoms with Gasteiger partial charge in [0, 0.05) is 38.0 Å². The molecule has 4 aromatic rings. The van der Waals surface area contributed by atoms with Gasteiger partial charge in [0.25, 0.3) is 17.4 Å². The monoisotopic (exact) mass is 558 g/mol. The van der Waals surface area contributed by atoms with Crippen LogP contribution >= 0.6 is 0 Å². The summed E-state index contributed by atoms with van der Waals surface area (Å²) < 4.78 is 26.0. The molecule has 1 aromatic heterocycles. The number of H-pyrrole nitrogens is 1. The molecule has 1 N–H and O–H groups in total. The fraction of sp³-hybridized carbons (Fsp3) is 0.290. The fourth-order valence-electron chi connectivity index (χ4n) is 4.99. The lowest BCUT2D eigenvalue weighted by molar-refractivity contribution is -0.147. The van der Waals surface area contributed by atoms with Crippen molar-refractivity contribution in [3.8, 4) is 11.5 Å². The average molecular weight is 559 g/mol. The number of nitrogens with zero attached hydrogens (tertiary/aromatic N) is 3. The molecule has 212 valence electrons. The Bertz CT molecular complexity index is 1640. The summed E-state index contributed by atoms with van der Waals surface area (Å²) in [6.45, 7) is 4.54. The number of methoxy groups -OCH3 is 1. The molecule has 3 aromatic carbocycles. The van der Waals surface area contributed by atoms with Gasteiger partial charge in [-0.25, -0.2) is 9.49 Å². The highest BCUT2D eigenvalue weighted by atomic mass is 19.1. The summed E-state index contributed by atoms with van der Waals surface area (Å²) in [5.74, 6) is -0.0338. The number of halogens is 1. The molecule has 5 rings (SSSR count). The Kier molecular flexibility index (Phi) is 7.74.